The zero-order valence-electron chi connectivity index (χ0n) is 17.0. The third kappa shape index (κ3) is 5.45. The second-order valence-corrected chi connectivity index (χ2v) is 7.46. The van der Waals surface area contributed by atoms with Gasteiger partial charge in [-0.1, -0.05) is 24.6 Å². The van der Waals surface area contributed by atoms with Crippen LogP contribution in [-0.4, -0.2) is 44.7 Å². The molecule has 0 spiro atoms. The zero-order valence-corrected chi connectivity index (χ0v) is 17.0. The number of anilines is 1. The van der Waals surface area contributed by atoms with Gasteiger partial charge in [-0.25, -0.2) is 4.98 Å². The lowest BCUT2D eigenvalue weighted by atomic mass is 10.0. The quantitative estimate of drug-likeness (QED) is 0.614. The molecule has 1 saturated heterocycles. The number of carbonyl (C=O) groups is 1. The van der Waals surface area contributed by atoms with Crippen molar-refractivity contribution < 1.29 is 9.53 Å². The van der Waals surface area contributed by atoms with Crippen molar-refractivity contribution in [1.82, 2.24) is 19.7 Å². The molecule has 7 heteroatoms. The average molecular weight is 406 g/mol. The molecule has 1 aliphatic rings. The first-order valence-corrected chi connectivity index (χ1v) is 10.5. The number of hydrogen-bond acceptors (Lipinski definition) is 5. The Morgan fingerprint density at radius 2 is 2.00 bits per heavy atom. The fourth-order valence-corrected chi connectivity index (χ4v) is 3.77. The normalized spacial score (nSPS) is 16.9. The SMILES string of the molecule is O=C(Nc1ccc(Oc2ccccc2)nc1)C1CCCCN1CCCn1cccn1. The maximum atomic E-state index is 12.9. The number of hydrogen-bond donors (Lipinski definition) is 1. The number of nitrogens with zero attached hydrogens (tertiary/aromatic N) is 4. The first kappa shape index (κ1) is 20.1. The number of rotatable bonds is 8. The molecule has 3 heterocycles. The first-order chi connectivity index (χ1) is 14.8. The van der Waals surface area contributed by atoms with Gasteiger partial charge in [0.25, 0.3) is 0 Å². The van der Waals surface area contributed by atoms with Crippen LogP contribution >= 0.6 is 0 Å². The Bertz CT molecular complexity index is 913. The van der Waals surface area contributed by atoms with Crippen LogP contribution in [0.1, 0.15) is 25.7 Å². The van der Waals surface area contributed by atoms with Crippen LogP contribution < -0.4 is 10.1 Å². The molecule has 1 atom stereocenters. The van der Waals surface area contributed by atoms with Crippen LogP contribution in [0.15, 0.2) is 67.1 Å². The van der Waals surface area contributed by atoms with Crippen molar-refractivity contribution in [3.05, 3.63) is 67.1 Å². The van der Waals surface area contributed by atoms with Gasteiger partial charge in [-0.15, -0.1) is 0 Å². The Balaban J connectivity index is 1.30. The topological polar surface area (TPSA) is 72.3 Å². The van der Waals surface area contributed by atoms with Crippen LogP contribution in [0.25, 0.3) is 0 Å². The van der Waals surface area contributed by atoms with Crippen molar-refractivity contribution in [2.45, 2.75) is 38.3 Å². The molecule has 7 nitrogen and oxygen atoms in total. The second kappa shape index (κ2) is 10.0. The van der Waals surface area contributed by atoms with E-state index in [0.717, 1.165) is 51.1 Å². The van der Waals surface area contributed by atoms with E-state index in [1.165, 1.54) is 0 Å². The number of pyridine rings is 1. The van der Waals surface area contributed by atoms with E-state index in [2.05, 4.69) is 20.3 Å². The minimum atomic E-state index is -0.100. The molecule has 0 aliphatic carbocycles. The maximum absolute atomic E-state index is 12.9. The molecule has 2 aromatic heterocycles. The number of piperidine rings is 1. The molecule has 3 aromatic rings. The summed E-state index contributed by atoms with van der Waals surface area (Å²) in [5.41, 5.74) is 0.683. The maximum Gasteiger partial charge on any atom is 0.241 e. The summed E-state index contributed by atoms with van der Waals surface area (Å²) in [5, 5.41) is 7.26. The summed E-state index contributed by atoms with van der Waals surface area (Å²) in [4.78, 5) is 19.5. The van der Waals surface area contributed by atoms with Gasteiger partial charge in [0.2, 0.25) is 11.8 Å². The molecule has 30 heavy (non-hydrogen) atoms. The van der Waals surface area contributed by atoms with Gasteiger partial charge in [-0.05, 0) is 50.1 Å². The molecule has 1 aromatic carbocycles. The first-order valence-electron chi connectivity index (χ1n) is 10.5. The van der Waals surface area contributed by atoms with E-state index < -0.39 is 0 Å². The molecule has 156 valence electrons. The monoisotopic (exact) mass is 405 g/mol. The van der Waals surface area contributed by atoms with Crippen LogP contribution in [0.2, 0.25) is 0 Å². The molecule has 1 amide bonds. The zero-order chi connectivity index (χ0) is 20.6. The number of nitrogens with one attached hydrogen (secondary N) is 1. The number of likely N-dealkylation sites (tertiary alicyclic amines) is 1. The molecule has 1 aliphatic heterocycles. The standard InChI is InChI=1S/C23H27N5O2/c29-23(21-10-4-5-14-27(21)15-7-17-28-16-6-13-25-28)26-19-11-12-22(24-18-19)30-20-8-2-1-3-9-20/h1-3,6,8-9,11-13,16,18,21H,4-5,7,10,14-15,17H2,(H,26,29). The van der Waals surface area contributed by atoms with E-state index in [1.807, 2.05) is 53.3 Å². The predicted molar refractivity (Wildman–Crippen MR) is 115 cm³/mol. The van der Waals surface area contributed by atoms with E-state index in [4.69, 9.17) is 4.74 Å². The van der Waals surface area contributed by atoms with Crippen LogP contribution in [0, 0.1) is 0 Å². The van der Waals surface area contributed by atoms with Gasteiger partial charge in [-0.3, -0.25) is 14.4 Å². The summed E-state index contributed by atoms with van der Waals surface area (Å²) in [6.07, 6.45) is 9.48. The number of aromatic nitrogens is 3. The largest absolute Gasteiger partial charge is 0.439 e. The number of para-hydroxylation sites is 1. The van der Waals surface area contributed by atoms with Gasteiger partial charge in [0, 0.05) is 31.5 Å². The number of aryl methyl sites for hydroxylation is 1. The number of carbonyl (C=O) groups excluding carboxylic acids is 1. The minimum absolute atomic E-state index is 0.0346. The van der Waals surface area contributed by atoms with Gasteiger partial charge in [0.05, 0.1) is 17.9 Å². The van der Waals surface area contributed by atoms with Gasteiger partial charge in [0.15, 0.2) is 0 Å². The average Bonchev–Trinajstić information content (AvgIpc) is 3.30. The highest BCUT2D eigenvalue weighted by Crippen LogP contribution is 2.22. The Morgan fingerprint density at radius 3 is 2.77 bits per heavy atom. The summed E-state index contributed by atoms with van der Waals surface area (Å²) in [6.45, 7) is 2.71. The van der Waals surface area contributed by atoms with Gasteiger partial charge in [0.1, 0.15) is 5.75 Å². The van der Waals surface area contributed by atoms with Crippen LogP contribution in [0.5, 0.6) is 11.6 Å². The molecule has 1 unspecified atom stereocenters. The van der Waals surface area contributed by atoms with Gasteiger partial charge < -0.3 is 10.1 Å². The molecule has 0 bridgehead atoms. The molecule has 1 fully saturated rings. The second-order valence-electron chi connectivity index (χ2n) is 7.46. The number of amides is 1. The molecular weight excluding hydrogens is 378 g/mol. The number of benzene rings is 1. The van der Waals surface area contributed by atoms with Crippen molar-refractivity contribution in [3.63, 3.8) is 0 Å². The summed E-state index contributed by atoms with van der Waals surface area (Å²) in [6, 6.07) is 14.9. The van der Waals surface area contributed by atoms with Crippen molar-refractivity contribution in [2.24, 2.45) is 0 Å². The lowest BCUT2D eigenvalue weighted by Gasteiger charge is -2.34. The smallest absolute Gasteiger partial charge is 0.241 e. The summed E-state index contributed by atoms with van der Waals surface area (Å²) in [5.74, 6) is 1.26. The molecular formula is C23H27N5O2. The Labute approximate surface area is 176 Å². The van der Waals surface area contributed by atoms with Crippen molar-refractivity contribution in [2.75, 3.05) is 18.4 Å². The fourth-order valence-electron chi connectivity index (χ4n) is 3.77. The molecule has 0 saturated carbocycles. The van der Waals surface area contributed by atoms with Gasteiger partial charge in [-0.2, -0.15) is 5.10 Å². The fraction of sp³-hybridized carbons (Fsp3) is 0.348. The highest BCUT2D eigenvalue weighted by molar-refractivity contribution is 5.94. The van der Waals surface area contributed by atoms with E-state index >= 15 is 0 Å². The van der Waals surface area contributed by atoms with Crippen LogP contribution in [-0.2, 0) is 11.3 Å². The minimum Gasteiger partial charge on any atom is -0.439 e. The highest BCUT2D eigenvalue weighted by Gasteiger charge is 2.28. The summed E-state index contributed by atoms with van der Waals surface area (Å²) < 4.78 is 7.64. The van der Waals surface area contributed by atoms with Crippen molar-refractivity contribution in [3.8, 4) is 11.6 Å². The summed E-state index contributed by atoms with van der Waals surface area (Å²) >= 11 is 0. The van der Waals surface area contributed by atoms with E-state index in [0.29, 0.717) is 11.6 Å². The Morgan fingerprint density at radius 1 is 1.10 bits per heavy atom. The predicted octanol–water partition coefficient (Wildman–Crippen LogP) is 3.95. The van der Waals surface area contributed by atoms with Crippen molar-refractivity contribution in [1.29, 1.82) is 0 Å². The third-order valence-electron chi connectivity index (χ3n) is 5.28. The third-order valence-corrected chi connectivity index (χ3v) is 5.28. The lowest BCUT2D eigenvalue weighted by molar-refractivity contribution is -0.122. The molecule has 1 N–H and O–H groups in total. The van der Waals surface area contributed by atoms with Crippen LogP contribution in [0.4, 0.5) is 5.69 Å². The Kier molecular flexibility index (Phi) is 6.72. The highest BCUT2D eigenvalue weighted by atomic mass is 16.5. The van der Waals surface area contributed by atoms with Crippen LogP contribution in [0.3, 0.4) is 0 Å². The van der Waals surface area contributed by atoms with Crippen molar-refractivity contribution >= 4 is 11.6 Å². The molecule has 4 rings (SSSR count). The Hall–Kier alpha value is -3.19. The van der Waals surface area contributed by atoms with E-state index in [9.17, 15) is 4.79 Å². The van der Waals surface area contributed by atoms with E-state index in [-0.39, 0.29) is 11.9 Å². The molecule has 0 radical (unpaired) electrons. The lowest BCUT2D eigenvalue weighted by Crippen LogP contribution is -2.47. The van der Waals surface area contributed by atoms with E-state index in [1.54, 1.807) is 18.5 Å². The summed E-state index contributed by atoms with van der Waals surface area (Å²) in [7, 11) is 0. The number of ether oxygens (including phenoxy) is 1. The van der Waals surface area contributed by atoms with Gasteiger partial charge >= 0.3 is 0 Å².